The van der Waals surface area contributed by atoms with Gasteiger partial charge in [-0.1, -0.05) is 0 Å². The van der Waals surface area contributed by atoms with E-state index in [-0.39, 0.29) is 6.04 Å². The van der Waals surface area contributed by atoms with E-state index < -0.39 is 9.84 Å². The quantitative estimate of drug-likeness (QED) is 0.876. The second-order valence-electron chi connectivity index (χ2n) is 5.06. The molecule has 0 aromatic heterocycles. The summed E-state index contributed by atoms with van der Waals surface area (Å²) in [6, 6.07) is 7.60. The van der Waals surface area contributed by atoms with Crippen LogP contribution in [0.1, 0.15) is 25.7 Å². The third-order valence-electron chi connectivity index (χ3n) is 3.37. The Hall–Kier alpha value is -1.07. The average molecular weight is 268 g/mol. The smallest absolute Gasteiger partial charge is 0.175 e. The number of sulfone groups is 1. The number of nitrogens with two attached hydrogens (primary N) is 1. The number of rotatable bonds is 3. The minimum atomic E-state index is -3.11. The molecule has 1 fully saturated rings. The lowest BCUT2D eigenvalue weighted by Gasteiger charge is -2.28. The van der Waals surface area contributed by atoms with E-state index >= 15 is 0 Å². The van der Waals surface area contributed by atoms with Gasteiger partial charge in [0.1, 0.15) is 0 Å². The van der Waals surface area contributed by atoms with Crippen molar-refractivity contribution in [2.24, 2.45) is 5.73 Å². The molecule has 18 heavy (non-hydrogen) atoms. The molecule has 0 radical (unpaired) electrons. The van der Waals surface area contributed by atoms with Crippen LogP contribution in [0.25, 0.3) is 0 Å². The summed E-state index contributed by atoms with van der Waals surface area (Å²) in [5.41, 5.74) is 6.90. The third kappa shape index (κ3) is 3.46. The Morgan fingerprint density at radius 1 is 1.22 bits per heavy atom. The van der Waals surface area contributed by atoms with Gasteiger partial charge in [0, 0.05) is 24.0 Å². The fourth-order valence-corrected chi connectivity index (χ4v) is 3.02. The van der Waals surface area contributed by atoms with Crippen LogP contribution in [0.2, 0.25) is 0 Å². The van der Waals surface area contributed by atoms with Crippen molar-refractivity contribution in [3.63, 3.8) is 0 Å². The van der Waals surface area contributed by atoms with Crippen LogP contribution in [-0.2, 0) is 9.84 Å². The van der Waals surface area contributed by atoms with E-state index in [2.05, 4.69) is 5.32 Å². The van der Waals surface area contributed by atoms with Gasteiger partial charge >= 0.3 is 0 Å². The predicted octanol–water partition coefficient (Wildman–Crippen LogP) is 1.77. The first kappa shape index (κ1) is 13.4. The number of hydrogen-bond donors (Lipinski definition) is 2. The van der Waals surface area contributed by atoms with Gasteiger partial charge in [-0.25, -0.2) is 8.42 Å². The van der Waals surface area contributed by atoms with Crippen LogP contribution in [0.15, 0.2) is 29.2 Å². The first-order valence-electron chi connectivity index (χ1n) is 6.27. The normalized spacial score (nSPS) is 24.8. The maximum Gasteiger partial charge on any atom is 0.175 e. The van der Waals surface area contributed by atoms with Gasteiger partial charge in [0.25, 0.3) is 0 Å². The Labute approximate surface area is 108 Å². The van der Waals surface area contributed by atoms with Gasteiger partial charge in [0.05, 0.1) is 4.90 Å². The van der Waals surface area contributed by atoms with Crippen LogP contribution >= 0.6 is 0 Å². The molecular weight excluding hydrogens is 248 g/mol. The fourth-order valence-electron chi connectivity index (χ4n) is 2.39. The van der Waals surface area contributed by atoms with E-state index in [0.29, 0.717) is 10.9 Å². The zero-order valence-corrected chi connectivity index (χ0v) is 11.4. The molecule has 1 saturated carbocycles. The molecule has 0 aliphatic heterocycles. The van der Waals surface area contributed by atoms with Crippen molar-refractivity contribution in [2.75, 3.05) is 11.6 Å². The molecular formula is C13H20N2O2S. The topological polar surface area (TPSA) is 72.2 Å². The molecule has 4 nitrogen and oxygen atoms in total. The molecule has 2 rings (SSSR count). The molecule has 1 aromatic carbocycles. The molecule has 100 valence electrons. The largest absolute Gasteiger partial charge is 0.382 e. The highest BCUT2D eigenvalue weighted by atomic mass is 32.2. The summed E-state index contributed by atoms with van der Waals surface area (Å²) in [4.78, 5) is 0.355. The van der Waals surface area contributed by atoms with Crippen molar-refractivity contribution in [1.29, 1.82) is 0 Å². The molecule has 1 aliphatic carbocycles. The molecule has 2 atom stereocenters. The molecule has 5 heteroatoms. The molecule has 0 saturated heterocycles. The molecule has 1 aromatic rings. The summed E-state index contributed by atoms with van der Waals surface area (Å²) >= 11 is 0. The van der Waals surface area contributed by atoms with Crippen molar-refractivity contribution < 1.29 is 8.42 Å². The molecule has 0 bridgehead atoms. The van der Waals surface area contributed by atoms with Crippen LogP contribution in [0, 0.1) is 0 Å². The van der Waals surface area contributed by atoms with Gasteiger partial charge in [0.2, 0.25) is 0 Å². The van der Waals surface area contributed by atoms with Gasteiger partial charge in [-0.2, -0.15) is 0 Å². The summed E-state index contributed by atoms with van der Waals surface area (Å²) < 4.78 is 22.7. The summed E-state index contributed by atoms with van der Waals surface area (Å²) in [6.07, 6.45) is 5.58. The van der Waals surface area contributed by atoms with Gasteiger partial charge in [0.15, 0.2) is 9.84 Å². The van der Waals surface area contributed by atoms with Gasteiger partial charge in [-0.15, -0.1) is 0 Å². The minimum Gasteiger partial charge on any atom is -0.382 e. The summed E-state index contributed by atoms with van der Waals surface area (Å²) in [5, 5.41) is 3.42. The highest BCUT2D eigenvalue weighted by Gasteiger charge is 2.18. The lowest BCUT2D eigenvalue weighted by molar-refractivity contribution is 0.409. The molecule has 0 amide bonds. The monoisotopic (exact) mass is 268 g/mol. The standard InChI is InChI=1S/C13H20N2O2S/c1-18(16,17)13-7-5-11(6-8-13)15-12-4-2-3-10(14)9-12/h5-8,10,12,15H,2-4,9,14H2,1H3. The van der Waals surface area contributed by atoms with E-state index in [0.717, 1.165) is 31.4 Å². The zero-order valence-electron chi connectivity index (χ0n) is 10.6. The van der Waals surface area contributed by atoms with E-state index in [1.807, 2.05) is 12.1 Å². The van der Waals surface area contributed by atoms with Gasteiger partial charge in [-0.05, 0) is 49.9 Å². The van der Waals surface area contributed by atoms with Gasteiger partial charge < -0.3 is 11.1 Å². The maximum atomic E-state index is 11.3. The number of nitrogens with one attached hydrogen (secondary N) is 1. The first-order chi connectivity index (χ1) is 8.45. The average Bonchev–Trinajstić information content (AvgIpc) is 2.28. The SMILES string of the molecule is CS(=O)(=O)c1ccc(NC2CCCC(N)C2)cc1. The number of anilines is 1. The molecule has 0 spiro atoms. The van der Waals surface area contributed by atoms with Crippen LogP contribution in [0.5, 0.6) is 0 Å². The lowest BCUT2D eigenvalue weighted by Crippen LogP contribution is -2.34. The van der Waals surface area contributed by atoms with Crippen molar-refractivity contribution in [2.45, 2.75) is 42.7 Å². The highest BCUT2D eigenvalue weighted by molar-refractivity contribution is 7.90. The van der Waals surface area contributed by atoms with Crippen molar-refractivity contribution in [1.82, 2.24) is 0 Å². The van der Waals surface area contributed by atoms with E-state index in [1.54, 1.807) is 12.1 Å². The Morgan fingerprint density at radius 2 is 1.89 bits per heavy atom. The fraction of sp³-hybridized carbons (Fsp3) is 0.538. The van der Waals surface area contributed by atoms with Crippen molar-refractivity contribution >= 4 is 15.5 Å². The third-order valence-corrected chi connectivity index (χ3v) is 4.50. The summed E-state index contributed by atoms with van der Waals surface area (Å²) in [6.45, 7) is 0. The maximum absolute atomic E-state index is 11.3. The second kappa shape index (κ2) is 5.28. The van der Waals surface area contributed by atoms with Crippen LogP contribution in [-0.4, -0.2) is 26.8 Å². The van der Waals surface area contributed by atoms with Crippen LogP contribution in [0.3, 0.4) is 0 Å². The molecule has 1 aliphatic rings. The second-order valence-corrected chi connectivity index (χ2v) is 7.08. The number of hydrogen-bond acceptors (Lipinski definition) is 4. The van der Waals surface area contributed by atoms with Crippen LogP contribution < -0.4 is 11.1 Å². The Balaban J connectivity index is 2.02. The number of benzene rings is 1. The minimum absolute atomic E-state index is 0.284. The van der Waals surface area contributed by atoms with E-state index in [1.165, 1.54) is 6.26 Å². The van der Waals surface area contributed by atoms with Gasteiger partial charge in [-0.3, -0.25) is 0 Å². The Morgan fingerprint density at radius 3 is 2.44 bits per heavy atom. The van der Waals surface area contributed by atoms with Crippen LogP contribution in [0.4, 0.5) is 5.69 Å². The van der Waals surface area contributed by atoms with E-state index in [4.69, 9.17) is 5.73 Å². The van der Waals surface area contributed by atoms with Crippen molar-refractivity contribution in [3.05, 3.63) is 24.3 Å². The summed E-state index contributed by atoms with van der Waals surface area (Å²) in [5.74, 6) is 0. The molecule has 0 heterocycles. The first-order valence-corrected chi connectivity index (χ1v) is 8.16. The Bertz CT molecular complexity index is 496. The summed E-state index contributed by atoms with van der Waals surface area (Å²) in [7, 11) is -3.11. The zero-order chi connectivity index (χ0) is 13.2. The van der Waals surface area contributed by atoms with Crippen molar-refractivity contribution in [3.8, 4) is 0 Å². The highest BCUT2D eigenvalue weighted by Crippen LogP contribution is 2.22. The predicted molar refractivity (Wildman–Crippen MR) is 73.4 cm³/mol. The molecule has 3 N–H and O–H groups in total. The molecule has 2 unspecified atom stereocenters. The lowest BCUT2D eigenvalue weighted by atomic mass is 9.91. The van der Waals surface area contributed by atoms with E-state index in [9.17, 15) is 8.42 Å². The Kier molecular flexibility index (Phi) is 3.92.